The largest absolute Gasteiger partial charge is 0.354 e. The SMILES string of the molecule is CC(=O)NC1CCN(Cc2cnc(NN)s2)CC1. The van der Waals surface area contributed by atoms with Gasteiger partial charge in [-0.2, -0.15) is 0 Å². The molecule has 1 aromatic rings. The fraction of sp³-hybridized carbons (Fsp3) is 0.636. The lowest BCUT2D eigenvalue weighted by Gasteiger charge is -2.31. The average molecular weight is 269 g/mol. The van der Waals surface area contributed by atoms with Crippen LogP contribution in [-0.4, -0.2) is 34.9 Å². The molecule has 0 spiro atoms. The van der Waals surface area contributed by atoms with Gasteiger partial charge in [-0.25, -0.2) is 10.8 Å². The van der Waals surface area contributed by atoms with E-state index in [1.807, 2.05) is 6.20 Å². The quantitative estimate of drug-likeness (QED) is 0.548. The zero-order valence-corrected chi connectivity index (χ0v) is 11.3. The third-order valence-corrected chi connectivity index (χ3v) is 3.96. The number of amides is 1. The molecule has 100 valence electrons. The second-order valence-corrected chi connectivity index (χ2v) is 5.64. The number of anilines is 1. The Morgan fingerprint density at radius 3 is 2.89 bits per heavy atom. The maximum absolute atomic E-state index is 11.0. The highest BCUT2D eigenvalue weighted by atomic mass is 32.1. The molecule has 4 N–H and O–H groups in total. The molecule has 1 aromatic heterocycles. The number of nitrogen functional groups attached to an aromatic ring is 1. The molecular formula is C11H19N5OS. The molecule has 1 saturated heterocycles. The molecule has 0 saturated carbocycles. The van der Waals surface area contributed by atoms with Gasteiger partial charge < -0.3 is 5.32 Å². The van der Waals surface area contributed by atoms with Gasteiger partial charge in [-0.3, -0.25) is 15.1 Å². The molecule has 1 aliphatic heterocycles. The first-order valence-electron chi connectivity index (χ1n) is 6.08. The number of likely N-dealkylation sites (tertiary alicyclic amines) is 1. The standard InChI is InChI=1S/C11H19N5OS/c1-8(17)14-9-2-4-16(5-3-9)7-10-6-13-11(15-12)18-10/h6,9H,2-5,7,12H2,1H3,(H,13,15)(H,14,17). The molecule has 1 amide bonds. The lowest BCUT2D eigenvalue weighted by Crippen LogP contribution is -2.43. The molecule has 2 rings (SSSR count). The molecule has 0 unspecified atom stereocenters. The fourth-order valence-corrected chi connectivity index (χ4v) is 2.96. The van der Waals surface area contributed by atoms with Crippen LogP contribution >= 0.6 is 11.3 Å². The van der Waals surface area contributed by atoms with Gasteiger partial charge in [-0.1, -0.05) is 11.3 Å². The van der Waals surface area contributed by atoms with Crippen LogP contribution in [0.2, 0.25) is 0 Å². The van der Waals surface area contributed by atoms with Crippen molar-refractivity contribution in [2.45, 2.75) is 32.4 Å². The van der Waals surface area contributed by atoms with Gasteiger partial charge in [0, 0.05) is 43.7 Å². The van der Waals surface area contributed by atoms with E-state index in [1.54, 1.807) is 18.3 Å². The van der Waals surface area contributed by atoms with Crippen LogP contribution in [0.5, 0.6) is 0 Å². The van der Waals surface area contributed by atoms with Crippen molar-refractivity contribution in [3.8, 4) is 0 Å². The van der Waals surface area contributed by atoms with Crippen LogP contribution in [-0.2, 0) is 11.3 Å². The van der Waals surface area contributed by atoms with Crippen molar-refractivity contribution in [2.24, 2.45) is 5.84 Å². The Morgan fingerprint density at radius 2 is 2.33 bits per heavy atom. The van der Waals surface area contributed by atoms with Crippen LogP contribution in [0, 0.1) is 0 Å². The second-order valence-electron chi connectivity index (χ2n) is 4.53. The molecule has 6 nitrogen and oxygen atoms in total. The molecule has 2 heterocycles. The minimum absolute atomic E-state index is 0.0644. The minimum atomic E-state index is 0.0644. The average Bonchev–Trinajstić information content (AvgIpc) is 2.79. The topological polar surface area (TPSA) is 83.3 Å². The number of hydrogen-bond donors (Lipinski definition) is 3. The monoisotopic (exact) mass is 269 g/mol. The summed E-state index contributed by atoms with van der Waals surface area (Å²) in [6, 6.07) is 0.335. The van der Waals surface area contributed by atoms with Crippen molar-refractivity contribution < 1.29 is 4.79 Å². The maximum Gasteiger partial charge on any atom is 0.217 e. The summed E-state index contributed by atoms with van der Waals surface area (Å²) >= 11 is 1.58. The maximum atomic E-state index is 11.0. The van der Waals surface area contributed by atoms with Gasteiger partial charge in [0.2, 0.25) is 5.91 Å². The van der Waals surface area contributed by atoms with Crippen LogP contribution in [0.3, 0.4) is 0 Å². The summed E-state index contributed by atoms with van der Waals surface area (Å²) in [7, 11) is 0. The number of hydrazine groups is 1. The van der Waals surface area contributed by atoms with Crippen molar-refractivity contribution in [3.63, 3.8) is 0 Å². The van der Waals surface area contributed by atoms with E-state index >= 15 is 0 Å². The van der Waals surface area contributed by atoms with Gasteiger partial charge in [0.05, 0.1) is 0 Å². The number of carbonyl (C=O) groups excluding carboxylic acids is 1. The van der Waals surface area contributed by atoms with Crippen LogP contribution in [0.1, 0.15) is 24.6 Å². The predicted molar refractivity (Wildman–Crippen MR) is 72.0 cm³/mol. The number of nitrogens with one attached hydrogen (secondary N) is 2. The Kier molecular flexibility index (Phi) is 4.51. The second kappa shape index (κ2) is 6.12. The van der Waals surface area contributed by atoms with Crippen molar-refractivity contribution in [3.05, 3.63) is 11.1 Å². The van der Waals surface area contributed by atoms with Crippen LogP contribution in [0.4, 0.5) is 5.13 Å². The number of thiazole rings is 1. The first-order valence-corrected chi connectivity index (χ1v) is 6.90. The van der Waals surface area contributed by atoms with E-state index in [0.717, 1.165) is 37.6 Å². The summed E-state index contributed by atoms with van der Waals surface area (Å²) in [5.74, 6) is 5.37. The van der Waals surface area contributed by atoms with Gasteiger partial charge in [-0.15, -0.1) is 0 Å². The highest BCUT2D eigenvalue weighted by Crippen LogP contribution is 2.20. The number of rotatable bonds is 4. The van der Waals surface area contributed by atoms with Crippen molar-refractivity contribution in [1.82, 2.24) is 15.2 Å². The normalized spacial score (nSPS) is 17.7. The van der Waals surface area contributed by atoms with Crippen LogP contribution in [0.25, 0.3) is 0 Å². The Hall–Kier alpha value is -1.18. The van der Waals surface area contributed by atoms with Crippen LogP contribution in [0.15, 0.2) is 6.20 Å². The Bertz CT molecular complexity index is 400. The smallest absolute Gasteiger partial charge is 0.217 e. The first kappa shape index (κ1) is 13.3. The highest BCUT2D eigenvalue weighted by Gasteiger charge is 2.20. The molecular weight excluding hydrogens is 250 g/mol. The first-order chi connectivity index (χ1) is 8.67. The number of aromatic nitrogens is 1. The van der Waals surface area contributed by atoms with E-state index in [0.29, 0.717) is 6.04 Å². The molecule has 7 heteroatoms. The van der Waals surface area contributed by atoms with Crippen molar-refractivity contribution in [2.75, 3.05) is 18.5 Å². The summed E-state index contributed by atoms with van der Waals surface area (Å²) in [5.41, 5.74) is 2.55. The van der Waals surface area contributed by atoms with E-state index in [1.165, 1.54) is 4.88 Å². The Balaban J connectivity index is 1.78. The van der Waals surface area contributed by atoms with Gasteiger partial charge in [0.15, 0.2) is 5.13 Å². The predicted octanol–water partition coefficient (Wildman–Crippen LogP) is 0.529. The third kappa shape index (κ3) is 3.66. The molecule has 0 aliphatic carbocycles. The summed E-state index contributed by atoms with van der Waals surface area (Å²) in [6.07, 6.45) is 3.89. The number of hydrogen-bond acceptors (Lipinski definition) is 6. The molecule has 1 aliphatic rings. The molecule has 18 heavy (non-hydrogen) atoms. The van der Waals surface area contributed by atoms with E-state index in [4.69, 9.17) is 5.84 Å². The molecule has 0 radical (unpaired) electrons. The number of piperidine rings is 1. The zero-order chi connectivity index (χ0) is 13.0. The summed E-state index contributed by atoms with van der Waals surface area (Å²) in [4.78, 5) is 18.7. The summed E-state index contributed by atoms with van der Waals surface area (Å²) in [6.45, 7) is 4.50. The van der Waals surface area contributed by atoms with Crippen molar-refractivity contribution in [1.29, 1.82) is 0 Å². The lowest BCUT2D eigenvalue weighted by molar-refractivity contribution is -0.119. The van der Waals surface area contributed by atoms with Gasteiger partial charge in [-0.05, 0) is 12.8 Å². The van der Waals surface area contributed by atoms with Crippen LogP contribution < -0.4 is 16.6 Å². The van der Waals surface area contributed by atoms with E-state index in [9.17, 15) is 4.79 Å². The van der Waals surface area contributed by atoms with Gasteiger partial charge in [0.1, 0.15) is 0 Å². The highest BCUT2D eigenvalue weighted by molar-refractivity contribution is 7.15. The van der Waals surface area contributed by atoms with E-state index < -0.39 is 0 Å². The molecule has 1 fully saturated rings. The summed E-state index contributed by atoms with van der Waals surface area (Å²) < 4.78 is 0. The lowest BCUT2D eigenvalue weighted by atomic mass is 10.1. The Morgan fingerprint density at radius 1 is 1.61 bits per heavy atom. The fourth-order valence-electron chi connectivity index (χ4n) is 2.19. The van der Waals surface area contributed by atoms with E-state index in [2.05, 4.69) is 20.6 Å². The molecule has 0 bridgehead atoms. The van der Waals surface area contributed by atoms with E-state index in [-0.39, 0.29) is 5.91 Å². The third-order valence-electron chi connectivity index (χ3n) is 3.05. The van der Waals surface area contributed by atoms with Gasteiger partial charge in [0.25, 0.3) is 0 Å². The zero-order valence-electron chi connectivity index (χ0n) is 10.5. The number of nitrogens with two attached hydrogens (primary N) is 1. The number of carbonyl (C=O) groups is 1. The Labute approximate surface area is 111 Å². The summed E-state index contributed by atoms with van der Waals surface area (Å²) in [5, 5.41) is 3.73. The minimum Gasteiger partial charge on any atom is -0.354 e. The molecule has 0 aromatic carbocycles. The van der Waals surface area contributed by atoms with Gasteiger partial charge >= 0.3 is 0 Å². The molecule has 0 atom stereocenters. The number of nitrogens with zero attached hydrogens (tertiary/aromatic N) is 2. The van der Waals surface area contributed by atoms with Crippen molar-refractivity contribution >= 4 is 22.4 Å².